The van der Waals surface area contributed by atoms with Crippen molar-refractivity contribution >= 4 is 23.6 Å². The van der Waals surface area contributed by atoms with Crippen LogP contribution in [0.15, 0.2) is 29.5 Å². The molecule has 1 aromatic carbocycles. The van der Waals surface area contributed by atoms with Crippen molar-refractivity contribution in [3.8, 4) is 0 Å². The van der Waals surface area contributed by atoms with Crippen molar-refractivity contribution < 1.29 is 18.7 Å². The van der Waals surface area contributed by atoms with Gasteiger partial charge in [0.1, 0.15) is 11.9 Å². The number of esters is 1. The minimum atomic E-state index is -0.983. The van der Waals surface area contributed by atoms with Gasteiger partial charge in [-0.05, 0) is 44.7 Å². The zero-order valence-electron chi connectivity index (χ0n) is 14.9. The number of hydrogen-bond donors (Lipinski definition) is 1. The summed E-state index contributed by atoms with van der Waals surface area (Å²) in [7, 11) is 1.55. The number of halogens is 2. The van der Waals surface area contributed by atoms with Crippen LogP contribution in [0.4, 0.5) is 9.18 Å². The molecule has 0 spiro atoms. The second kappa shape index (κ2) is 7.66. The largest absolute Gasteiger partial charge is 0.459 e. The Morgan fingerprint density at radius 3 is 2.65 bits per heavy atom. The van der Waals surface area contributed by atoms with Gasteiger partial charge in [0, 0.05) is 23.3 Å². The summed E-state index contributed by atoms with van der Waals surface area (Å²) in [5, 5.41) is 2.82. The molecule has 1 N–H and O–H groups in total. The highest BCUT2D eigenvalue weighted by atomic mass is 35.5. The number of ether oxygens (including phenoxy) is 1. The second-order valence-corrected chi connectivity index (χ2v) is 7.15. The molecule has 0 aromatic heterocycles. The summed E-state index contributed by atoms with van der Waals surface area (Å²) in [6.45, 7) is 1.65. The molecule has 0 saturated heterocycles. The average molecular weight is 381 g/mol. The Labute approximate surface area is 157 Å². The molecule has 1 unspecified atom stereocenters. The fourth-order valence-corrected chi connectivity index (χ4v) is 3.77. The number of hydrogen-bond acceptors (Lipinski definition) is 3. The van der Waals surface area contributed by atoms with E-state index in [1.807, 2.05) is 0 Å². The summed E-state index contributed by atoms with van der Waals surface area (Å²) >= 11 is 6.18. The highest BCUT2D eigenvalue weighted by Crippen LogP contribution is 2.36. The first-order valence-corrected chi connectivity index (χ1v) is 9.17. The van der Waals surface area contributed by atoms with Crippen LogP contribution in [0.3, 0.4) is 0 Å². The fourth-order valence-electron chi connectivity index (χ4n) is 3.50. The summed E-state index contributed by atoms with van der Waals surface area (Å²) in [6.07, 6.45) is 4.69. The lowest BCUT2D eigenvalue weighted by atomic mass is 9.94. The van der Waals surface area contributed by atoms with E-state index in [0.717, 1.165) is 32.1 Å². The third-order valence-corrected chi connectivity index (χ3v) is 5.42. The molecule has 0 radical (unpaired) electrons. The van der Waals surface area contributed by atoms with Gasteiger partial charge in [0.05, 0.1) is 11.6 Å². The van der Waals surface area contributed by atoms with E-state index >= 15 is 0 Å². The lowest BCUT2D eigenvalue weighted by molar-refractivity contribution is -0.146. The molecule has 7 heteroatoms. The van der Waals surface area contributed by atoms with Crippen LogP contribution in [0.25, 0.3) is 0 Å². The van der Waals surface area contributed by atoms with Crippen molar-refractivity contribution in [3.05, 3.63) is 45.9 Å². The van der Waals surface area contributed by atoms with Gasteiger partial charge in [-0.3, -0.25) is 0 Å². The Bertz CT molecular complexity index is 739. The number of allylic oxidation sites excluding steroid dienone is 1. The highest BCUT2D eigenvalue weighted by Gasteiger charge is 2.38. The van der Waals surface area contributed by atoms with E-state index in [2.05, 4.69) is 5.32 Å². The molecular weight excluding hydrogens is 359 g/mol. The smallest absolute Gasteiger partial charge is 0.338 e. The van der Waals surface area contributed by atoms with Gasteiger partial charge < -0.3 is 15.0 Å². The van der Waals surface area contributed by atoms with Crippen LogP contribution < -0.4 is 5.32 Å². The number of nitrogens with one attached hydrogen (secondary N) is 1. The molecule has 0 bridgehead atoms. The normalized spacial score (nSPS) is 21.6. The molecule has 3 rings (SSSR count). The molecule has 1 aromatic rings. The fraction of sp³-hybridized carbons (Fsp3) is 0.474. The van der Waals surface area contributed by atoms with Gasteiger partial charge in [0.25, 0.3) is 0 Å². The lowest BCUT2D eigenvalue weighted by Crippen LogP contribution is -2.46. The van der Waals surface area contributed by atoms with Gasteiger partial charge >= 0.3 is 12.0 Å². The zero-order valence-corrected chi connectivity index (χ0v) is 15.6. The highest BCUT2D eigenvalue weighted by molar-refractivity contribution is 6.31. The quantitative estimate of drug-likeness (QED) is 0.794. The molecule has 1 aliphatic carbocycles. The minimum absolute atomic E-state index is 0.0746. The van der Waals surface area contributed by atoms with E-state index in [1.165, 1.54) is 23.1 Å². The Balaban J connectivity index is 1.99. The number of rotatable bonds is 3. The van der Waals surface area contributed by atoms with Gasteiger partial charge in [-0.25, -0.2) is 14.0 Å². The van der Waals surface area contributed by atoms with Gasteiger partial charge in [0.15, 0.2) is 0 Å². The molecular formula is C19H22ClFN2O3. The van der Waals surface area contributed by atoms with E-state index in [1.54, 1.807) is 14.0 Å². The van der Waals surface area contributed by atoms with Gasteiger partial charge in [0.2, 0.25) is 0 Å². The molecule has 1 heterocycles. The topological polar surface area (TPSA) is 58.6 Å². The van der Waals surface area contributed by atoms with Crippen LogP contribution in [-0.2, 0) is 9.53 Å². The van der Waals surface area contributed by atoms with E-state index < -0.39 is 23.9 Å². The van der Waals surface area contributed by atoms with Crippen LogP contribution >= 0.6 is 11.6 Å². The SMILES string of the molecule is CC1=C(C(=O)OC2CCCCC2)C(c2c(F)cccc2Cl)NC(=O)N1C. The second-order valence-electron chi connectivity index (χ2n) is 6.74. The molecule has 1 saturated carbocycles. The first-order valence-electron chi connectivity index (χ1n) is 8.80. The van der Waals surface area contributed by atoms with Crippen LogP contribution in [0.5, 0.6) is 0 Å². The van der Waals surface area contributed by atoms with Crippen molar-refractivity contribution in [1.82, 2.24) is 10.2 Å². The number of urea groups is 1. The van der Waals surface area contributed by atoms with E-state index in [-0.39, 0.29) is 22.3 Å². The zero-order chi connectivity index (χ0) is 18.8. The Morgan fingerprint density at radius 1 is 1.31 bits per heavy atom. The summed E-state index contributed by atoms with van der Waals surface area (Å²) in [5.41, 5.74) is 0.717. The molecule has 1 fully saturated rings. The van der Waals surface area contributed by atoms with Crippen molar-refractivity contribution in [2.24, 2.45) is 0 Å². The van der Waals surface area contributed by atoms with E-state index in [9.17, 15) is 14.0 Å². The first-order chi connectivity index (χ1) is 12.4. The maximum atomic E-state index is 14.5. The predicted molar refractivity (Wildman–Crippen MR) is 96.1 cm³/mol. The summed E-state index contributed by atoms with van der Waals surface area (Å²) in [4.78, 5) is 26.5. The Morgan fingerprint density at radius 2 is 2.00 bits per heavy atom. The molecule has 5 nitrogen and oxygen atoms in total. The van der Waals surface area contributed by atoms with Gasteiger partial charge in [-0.2, -0.15) is 0 Å². The van der Waals surface area contributed by atoms with Crippen LogP contribution in [0.2, 0.25) is 5.02 Å². The van der Waals surface area contributed by atoms with Crippen molar-refractivity contribution in [1.29, 1.82) is 0 Å². The lowest BCUT2D eigenvalue weighted by Gasteiger charge is -2.34. The molecule has 1 aliphatic heterocycles. The van der Waals surface area contributed by atoms with Crippen LogP contribution in [-0.4, -0.2) is 30.1 Å². The van der Waals surface area contributed by atoms with Gasteiger partial charge in [-0.1, -0.05) is 24.1 Å². The molecule has 1 atom stereocenters. The third-order valence-electron chi connectivity index (χ3n) is 5.09. The number of benzene rings is 1. The molecule has 140 valence electrons. The molecule has 2 amide bonds. The Kier molecular flexibility index (Phi) is 5.51. The maximum Gasteiger partial charge on any atom is 0.338 e. The predicted octanol–water partition coefficient (Wildman–Crippen LogP) is 4.33. The number of amides is 2. The van der Waals surface area contributed by atoms with Crippen LogP contribution in [0.1, 0.15) is 50.6 Å². The third kappa shape index (κ3) is 3.56. The van der Waals surface area contributed by atoms with Crippen molar-refractivity contribution in [3.63, 3.8) is 0 Å². The number of carbonyl (C=O) groups excluding carboxylic acids is 2. The maximum absolute atomic E-state index is 14.5. The standard InChI is InChI=1S/C19H22ClFN2O3/c1-11-15(18(24)26-12-7-4-3-5-8-12)17(22-19(25)23(11)2)16-13(20)9-6-10-14(16)21/h6,9-10,12,17H,3-5,7-8H2,1-2H3,(H,22,25). The minimum Gasteiger partial charge on any atom is -0.459 e. The van der Waals surface area contributed by atoms with E-state index in [4.69, 9.17) is 16.3 Å². The first kappa shape index (κ1) is 18.7. The van der Waals surface area contributed by atoms with E-state index in [0.29, 0.717) is 5.70 Å². The van der Waals surface area contributed by atoms with Crippen molar-refractivity contribution in [2.45, 2.75) is 51.2 Å². The monoisotopic (exact) mass is 380 g/mol. The molecule has 2 aliphatic rings. The average Bonchev–Trinajstić information content (AvgIpc) is 2.60. The van der Waals surface area contributed by atoms with Crippen LogP contribution in [0, 0.1) is 5.82 Å². The summed E-state index contributed by atoms with van der Waals surface area (Å²) in [5.74, 6) is -1.12. The molecule has 26 heavy (non-hydrogen) atoms. The number of nitrogens with zero attached hydrogens (tertiary/aromatic N) is 1. The van der Waals surface area contributed by atoms with Gasteiger partial charge in [-0.15, -0.1) is 0 Å². The Hall–Kier alpha value is -2.08. The van der Waals surface area contributed by atoms with Crippen molar-refractivity contribution in [2.75, 3.05) is 7.05 Å². The summed E-state index contributed by atoms with van der Waals surface area (Å²) in [6, 6.07) is 2.85. The number of carbonyl (C=O) groups is 2. The summed E-state index contributed by atoms with van der Waals surface area (Å²) < 4.78 is 20.1.